The first-order chi connectivity index (χ1) is 12.1. The fraction of sp³-hybridized carbons (Fsp3) is 0.500. The monoisotopic (exact) mass is 399 g/mol. The second-order valence-corrected chi connectivity index (χ2v) is 6.67. The minimum atomic E-state index is -0.721. The van der Waals surface area contributed by atoms with E-state index in [1.807, 2.05) is 12.3 Å². The summed E-state index contributed by atoms with van der Waals surface area (Å²) in [7, 11) is 0. The Kier molecular flexibility index (Phi) is 7.13. The number of rotatable bonds is 6. The van der Waals surface area contributed by atoms with Crippen molar-refractivity contribution in [2.75, 3.05) is 25.0 Å². The molecule has 3 rings (SSSR count). The van der Waals surface area contributed by atoms with E-state index in [-0.39, 0.29) is 30.7 Å². The Hall–Kier alpha value is -1.97. The van der Waals surface area contributed by atoms with Crippen LogP contribution in [0.5, 0.6) is 0 Å². The maximum Gasteiger partial charge on any atom is 0.311 e. The van der Waals surface area contributed by atoms with Crippen LogP contribution in [0, 0.1) is 0 Å². The zero-order chi connectivity index (χ0) is 17.7. The SMILES string of the molecule is CCOC(=O)Cc1csc(NC(=O)C2(n3cccn3)CCNCC2)n1.Cl. The second-order valence-electron chi connectivity index (χ2n) is 5.81. The van der Waals surface area contributed by atoms with Gasteiger partial charge in [0.25, 0.3) is 5.91 Å². The predicted octanol–water partition coefficient (Wildman–Crippen LogP) is 1.58. The number of anilines is 1. The Balaban J connectivity index is 0.00000243. The Bertz CT molecular complexity index is 728. The summed E-state index contributed by atoms with van der Waals surface area (Å²) in [6.07, 6.45) is 4.91. The molecule has 142 valence electrons. The molecule has 1 saturated heterocycles. The molecule has 2 N–H and O–H groups in total. The van der Waals surface area contributed by atoms with Crippen LogP contribution in [0.15, 0.2) is 23.8 Å². The number of nitrogens with one attached hydrogen (secondary N) is 2. The van der Waals surface area contributed by atoms with Crippen molar-refractivity contribution in [1.29, 1.82) is 0 Å². The van der Waals surface area contributed by atoms with Crippen LogP contribution < -0.4 is 10.6 Å². The van der Waals surface area contributed by atoms with E-state index in [1.165, 1.54) is 11.3 Å². The Labute approximate surface area is 161 Å². The number of nitrogens with zero attached hydrogens (tertiary/aromatic N) is 3. The number of amides is 1. The van der Waals surface area contributed by atoms with Gasteiger partial charge in [0.2, 0.25) is 0 Å². The number of aromatic nitrogens is 3. The van der Waals surface area contributed by atoms with Crippen LogP contribution >= 0.6 is 23.7 Å². The fourth-order valence-electron chi connectivity index (χ4n) is 2.94. The zero-order valence-corrected chi connectivity index (χ0v) is 16.1. The summed E-state index contributed by atoms with van der Waals surface area (Å²) in [5, 5.41) is 12.7. The Morgan fingerprint density at radius 2 is 2.19 bits per heavy atom. The highest BCUT2D eigenvalue weighted by Gasteiger charge is 2.42. The van der Waals surface area contributed by atoms with Gasteiger partial charge in [0.15, 0.2) is 5.13 Å². The molecule has 0 aromatic carbocycles. The van der Waals surface area contributed by atoms with Crippen molar-refractivity contribution in [3.8, 4) is 0 Å². The molecular formula is C16H22ClN5O3S. The highest BCUT2D eigenvalue weighted by Crippen LogP contribution is 2.29. The topological polar surface area (TPSA) is 98.1 Å². The molecule has 2 aromatic heterocycles. The van der Waals surface area contributed by atoms with Crippen LogP contribution in [0.25, 0.3) is 0 Å². The van der Waals surface area contributed by atoms with Crippen LogP contribution in [-0.4, -0.2) is 46.3 Å². The predicted molar refractivity (Wildman–Crippen MR) is 101 cm³/mol. The van der Waals surface area contributed by atoms with Crippen molar-refractivity contribution in [2.45, 2.75) is 31.7 Å². The number of hydrogen-bond donors (Lipinski definition) is 2. The number of piperidine rings is 1. The van der Waals surface area contributed by atoms with E-state index in [0.717, 1.165) is 13.1 Å². The average Bonchev–Trinajstić information content (AvgIpc) is 3.28. The molecule has 8 nitrogen and oxygen atoms in total. The van der Waals surface area contributed by atoms with E-state index in [0.29, 0.717) is 30.3 Å². The van der Waals surface area contributed by atoms with Crippen molar-refractivity contribution in [1.82, 2.24) is 20.1 Å². The van der Waals surface area contributed by atoms with E-state index in [2.05, 4.69) is 20.7 Å². The number of thiazole rings is 1. The van der Waals surface area contributed by atoms with E-state index in [1.54, 1.807) is 23.2 Å². The largest absolute Gasteiger partial charge is 0.466 e. The first-order valence-corrected chi connectivity index (χ1v) is 9.14. The van der Waals surface area contributed by atoms with Crippen LogP contribution in [-0.2, 0) is 26.3 Å². The number of halogens is 1. The van der Waals surface area contributed by atoms with Crippen LogP contribution in [0.1, 0.15) is 25.5 Å². The van der Waals surface area contributed by atoms with Gasteiger partial charge in [-0.2, -0.15) is 5.10 Å². The molecule has 0 bridgehead atoms. The smallest absolute Gasteiger partial charge is 0.311 e. The molecule has 3 heterocycles. The average molecular weight is 400 g/mol. The fourth-order valence-corrected chi connectivity index (χ4v) is 3.65. The lowest BCUT2D eigenvalue weighted by Crippen LogP contribution is -2.52. The Morgan fingerprint density at radius 1 is 1.42 bits per heavy atom. The van der Waals surface area contributed by atoms with E-state index in [4.69, 9.17) is 4.74 Å². The lowest BCUT2D eigenvalue weighted by molar-refractivity contribution is -0.142. The lowest BCUT2D eigenvalue weighted by Gasteiger charge is -2.36. The Morgan fingerprint density at radius 3 is 2.85 bits per heavy atom. The first kappa shape index (κ1) is 20.3. The molecule has 26 heavy (non-hydrogen) atoms. The maximum absolute atomic E-state index is 13.0. The number of esters is 1. The first-order valence-electron chi connectivity index (χ1n) is 8.26. The van der Waals surface area contributed by atoms with Gasteiger partial charge >= 0.3 is 5.97 Å². The highest BCUT2D eigenvalue weighted by molar-refractivity contribution is 7.13. The number of carbonyl (C=O) groups excluding carboxylic acids is 2. The standard InChI is InChI=1S/C16H21N5O3S.ClH/c1-2-24-13(22)10-12-11-25-15(19-12)20-14(23)16(4-7-17-8-5-16)21-9-3-6-18-21;/h3,6,9,11,17H,2,4-5,7-8,10H2,1H3,(H,19,20,23);1H. The van der Waals surface area contributed by atoms with E-state index >= 15 is 0 Å². The molecule has 1 fully saturated rings. The molecule has 0 spiro atoms. The minimum Gasteiger partial charge on any atom is -0.466 e. The molecule has 1 amide bonds. The third-order valence-corrected chi connectivity index (χ3v) is 5.01. The normalized spacial score (nSPS) is 15.7. The molecular weight excluding hydrogens is 378 g/mol. The summed E-state index contributed by atoms with van der Waals surface area (Å²) < 4.78 is 6.65. The van der Waals surface area contributed by atoms with Crippen LogP contribution in [0.3, 0.4) is 0 Å². The van der Waals surface area contributed by atoms with Gasteiger partial charge in [-0.25, -0.2) is 4.98 Å². The van der Waals surface area contributed by atoms with Gasteiger partial charge in [-0.05, 0) is 38.9 Å². The van der Waals surface area contributed by atoms with Gasteiger partial charge in [0.1, 0.15) is 5.54 Å². The maximum atomic E-state index is 13.0. The molecule has 0 aliphatic carbocycles. The van der Waals surface area contributed by atoms with Crippen molar-refractivity contribution in [3.63, 3.8) is 0 Å². The second kappa shape index (κ2) is 9.11. The summed E-state index contributed by atoms with van der Waals surface area (Å²) in [6, 6.07) is 1.82. The molecule has 0 atom stereocenters. The molecule has 0 saturated carbocycles. The minimum absolute atomic E-state index is 0. The van der Waals surface area contributed by atoms with E-state index < -0.39 is 5.54 Å². The highest BCUT2D eigenvalue weighted by atomic mass is 35.5. The zero-order valence-electron chi connectivity index (χ0n) is 14.4. The lowest BCUT2D eigenvalue weighted by atomic mass is 9.87. The van der Waals surface area contributed by atoms with Gasteiger partial charge < -0.3 is 10.1 Å². The van der Waals surface area contributed by atoms with Crippen molar-refractivity contribution in [2.24, 2.45) is 0 Å². The van der Waals surface area contributed by atoms with Gasteiger partial charge in [0.05, 0.1) is 18.7 Å². The van der Waals surface area contributed by atoms with Crippen molar-refractivity contribution >= 4 is 40.8 Å². The number of carbonyl (C=O) groups is 2. The van der Waals surface area contributed by atoms with E-state index in [9.17, 15) is 9.59 Å². The molecule has 10 heteroatoms. The van der Waals surface area contributed by atoms with Crippen molar-refractivity contribution < 1.29 is 14.3 Å². The number of ether oxygens (including phenoxy) is 1. The molecule has 0 radical (unpaired) electrons. The van der Waals surface area contributed by atoms with Crippen LogP contribution in [0.2, 0.25) is 0 Å². The molecule has 1 aliphatic heterocycles. The molecule has 2 aromatic rings. The van der Waals surface area contributed by atoms with Gasteiger partial charge in [-0.15, -0.1) is 23.7 Å². The summed E-state index contributed by atoms with van der Waals surface area (Å²) in [6.45, 7) is 3.60. The summed E-state index contributed by atoms with van der Waals surface area (Å²) in [5.74, 6) is -0.452. The van der Waals surface area contributed by atoms with Crippen LogP contribution in [0.4, 0.5) is 5.13 Å². The molecule has 1 aliphatic rings. The van der Waals surface area contributed by atoms with Gasteiger partial charge in [-0.1, -0.05) is 0 Å². The quantitative estimate of drug-likeness (QED) is 0.716. The summed E-state index contributed by atoms with van der Waals surface area (Å²) >= 11 is 1.30. The third-order valence-electron chi connectivity index (χ3n) is 4.20. The summed E-state index contributed by atoms with van der Waals surface area (Å²) in [4.78, 5) is 28.9. The molecule has 0 unspecified atom stereocenters. The van der Waals surface area contributed by atoms with Gasteiger partial charge in [-0.3, -0.25) is 19.6 Å². The van der Waals surface area contributed by atoms with Crippen molar-refractivity contribution in [3.05, 3.63) is 29.5 Å². The summed E-state index contributed by atoms with van der Waals surface area (Å²) in [5.41, 5.74) is -0.126. The number of hydrogen-bond acceptors (Lipinski definition) is 7. The third kappa shape index (κ3) is 4.40. The van der Waals surface area contributed by atoms with Gasteiger partial charge in [0, 0.05) is 17.8 Å².